The molecule has 0 saturated carbocycles. The summed E-state index contributed by atoms with van der Waals surface area (Å²) in [6.45, 7) is 7.38. The third-order valence-electron chi connectivity index (χ3n) is 3.05. The molecule has 0 aromatic carbocycles. The van der Waals surface area contributed by atoms with Gasteiger partial charge >= 0.3 is 5.69 Å². The van der Waals surface area contributed by atoms with Crippen molar-refractivity contribution in [1.82, 2.24) is 9.78 Å². The topological polar surface area (TPSA) is 86.1 Å². The number of nitrogens with zero attached hydrogens (tertiary/aromatic N) is 3. The van der Waals surface area contributed by atoms with Gasteiger partial charge in [-0.15, -0.1) is 0 Å². The molecule has 0 radical (unpaired) electrons. The molecule has 7 nitrogen and oxygen atoms in total. The highest BCUT2D eigenvalue weighted by Gasteiger charge is 2.28. The fourth-order valence-electron chi connectivity index (χ4n) is 2.08. The van der Waals surface area contributed by atoms with Gasteiger partial charge < -0.3 is 9.73 Å². The Labute approximate surface area is 116 Å². The molecule has 2 aromatic heterocycles. The second-order valence-corrected chi connectivity index (χ2v) is 4.96. The molecule has 0 fully saturated rings. The summed E-state index contributed by atoms with van der Waals surface area (Å²) in [5.41, 5.74) is 0.412. The molecule has 0 bridgehead atoms. The van der Waals surface area contributed by atoms with Crippen molar-refractivity contribution in [3.8, 4) is 0 Å². The van der Waals surface area contributed by atoms with Gasteiger partial charge in [-0.1, -0.05) is 0 Å². The van der Waals surface area contributed by atoms with Gasteiger partial charge in [0.15, 0.2) is 0 Å². The number of aryl methyl sites for hydroxylation is 1. The van der Waals surface area contributed by atoms with Crippen molar-refractivity contribution in [2.24, 2.45) is 0 Å². The highest BCUT2D eigenvalue weighted by atomic mass is 16.6. The maximum absolute atomic E-state index is 11.2. The van der Waals surface area contributed by atoms with Crippen LogP contribution in [-0.4, -0.2) is 14.7 Å². The minimum absolute atomic E-state index is 0.0112. The molecule has 0 amide bonds. The van der Waals surface area contributed by atoms with E-state index in [1.807, 2.05) is 26.8 Å². The molecule has 0 saturated heterocycles. The molecule has 20 heavy (non-hydrogen) atoms. The summed E-state index contributed by atoms with van der Waals surface area (Å²) in [5.74, 6) is 1.12. The number of aromatic nitrogens is 2. The highest BCUT2D eigenvalue weighted by molar-refractivity contribution is 5.60. The first-order valence-corrected chi connectivity index (χ1v) is 6.45. The van der Waals surface area contributed by atoms with Gasteiger partial charge in [-0.2, -0.15) is 5.10 Å². The fourth-order valence-corrected chi connectivity index (χ4v) is 2.08. The highest BCUT2D eigenvalue weighted by Crippen LogP contribution is 2.33. The van der Waals surface area contributed by atoms with E-state index in [9.17, 15) is 10.1 Å². The molecule has 108 valence electrons. The number of nitrogens with one attached hydrogen (secondary N) is 1. The first kappa shape index (κ1) is 14.1. The van der Waals surface area contributed by atoms with E-state index in [1.165, 1.54) is 0 Å². The number of rotatable bonds is 5. The minimum Gasteiger partial charge on any atom is -0.467 e. The van der Waals surface area contributed by atoms with Crippen LogP contribution in [-0.2, 0) is 0 Å². The molecule has 0 aliphatic rings. The van der Waals surface area contributed by atoms with E-state index < -0.39 is 4.92 Å². The Hall–Kier alpha value is -2.31. The third-order valence-corrected chi connectivity index (χ3v) is 3.05. The van der Waals surface area contributed by atoms with Gasteiger partial charge in [0.05, 0.1) is 17.2 Å². The summed E-state index contributed by atoms with van der Waals surface area (Å²) in [5, 5.41) is 18.6. The van der Waals surface area contributed by atoms with Gasteiger partial charge in [0, 0.05) is 6.04 Å². The first-order valence-electron chi connectivity index (χ1n) is 6.45. The molecule has 2 heterocycles. The normalized spacial score (nSPS) is 12.7. The summed E-state index contributed by atoms with van der Waals surface area (Å²) in [6.07, 6.45) is 1.58. The van der Waals surface area contributed by atoms with E-state index in [4.69, 9.17) is 4.42 Å². The zero-order valence-corrected chi connectivity index (χ0v) is 12.0. The number of nitro groups is 1. The van der Waals surface area contributed by atoms with Crippen LogP contribution in [0, 0.1) is 17.0 Å². The zero-order valence-electron chi connectivity index (χ0n) is 12.0. The number of anilines is 1. The van der Waals surface area contributed by atoms with E-state index in [1.54, 1.807) is 23.9 Å². The van der Waals surface area contributed by atoms with E-state index >= 15 is 0 Å². The molecule has 1 atom stereocenters. The van der Waals surface area contributed by atoms with Crippen LogP contribution in [0.2, 0.25) is 0 Å². The van der Waals surface area contributed by atoms with E-state index in [-0.39, 0.29) is 17.8 Å². The average molecular weight is 278 g/mol. The second kappa shape index (κ2) is 5.36. The van der Waals surface area contributed by atoms with E-state index in [0.717, 1.165) is 0 Å². The van der Waals surface area contributed by atoms with Crippen LogP contribution in [0.25, 0.3) is 0 Å². The van der Waals surface area contributed by atoms with E-state index in [2.05, 4.69) is 10.4 Å². The van der Waals surface area contributed by atoms with Crippen molar-refractivity contribution in [2.45, 2.75) is 39.8 Å². The molecule has 1 N–H and O–H groups in total. The Balaban J connectivity index is 2.41. The van der Waals surface area contributed by atoms with Crippen molar-refractivity contribution in [3.05, 3.63) is 40.0 Å². The summed E-state index contributed by atoms with van der Waals surface area (Å²) in [4.78, 5) is 10.8. The van der Waals surface area contributed by atoms with Crippen molar-refractivity contribution >= 4 is 11.5 Å². The number of furan rings is 1. The second-order valence-electron chi connectivity index (χ2n) is 4.96. The Bertz CT molecular complexity index is 601. The van der Waals surface area contributed by atoms with Crippen LogP contribution in [0.15, 0.2) is 22.8 Å². The predicted molar refractivity (Wildman–Crippen MR) is 74.7 cm³/mol. The summed E-state index contributed by atoms with van der Waals surface area (Å²) < 4.78 is 6.94. The van der Waals surface area contributed by atoms with Crippen LogP contribution in [0.3, 0.4) is 0 Å². The lowest BCUT2D eigenvalue weighted by atomic mass is 10.2. The van der Waals surface area contributed by atoms with Gasteiger partial charge in [-0.25, -0.2) is 4.68 Å². The van der Waals surface area contributed by atoms with Crippen LogP contribution in [0.1, 0.15) is 44.3 Å². The van der Waals surface area contributed by atoms with Crippen molar-refractivity contribution < 1.29 is 9.34 Å². The molecule has 7 heteroatoms. The molecule has 2 aromatic rings. The fraction of sp³-hybridized carbons (Fsp3) is 0.462. The summed E-state index contributed by atoms with van der Waals surface area (Å²) >= 11 is 0. The smallest absolute Gasteiger partial charge is 0.333 e. The quantitative estimate of drug-likeness (QED) is 0.668. The van der Waals surface area contributed by atoms with Gasteiger partial charge in [0.25, 0.3) is 0 Å². The van der Waals surface area contributed by atoms with Crippen LogP contribution in [0.5, 0.6) is 0 Å². The predicted octanol–water partition coefficient (Wildman–Crippen LogP) is 3.45. The van der Waals surface area contributed by atoms with Crippen LogP contribution >= 0.6 is 0 Å². The Morgan fingerprint density at radius 3 is 2.65 bits per heavy atom. The van der Waals surface area contributed by atoms with Crippen molar-refractivity contribution in [2.75, 3.05) is 5.32 Å². The summed E-state index contributed by atoms with van der Waals surface area (Å²) in [6, 6.07) is 3.45. The Morgan fingerprint density at radius 2 is 2.15 bits per heavy atom. The molecular formula is C13H18N4O3. The lowest BCUT2D eigenvalue weighted by Gasteiger charge is -2.15. The monoisotopic (exact) mass is 278 g/mol. The molecular weight excluding hydrogens is 260 g/mol. The SMILES string of the molecule is Cc1nn(C(C)C)c(NC(C)c2ccco2)c1[N+](=O)[O-]. The van der Waals surface area contributed by atoms with Gasteiger partial charge in [-0.05, 0) is 39.8 Å². The molecule has 1 unspecified atom stereocenters. The number of hydrogen-bond acceptors (Lipinski definition) is 5. The Kier molecular flexibility index (Phi) is 3.78. The van der Waals surface area contributed by atoms with Crippen LogP contribution < -0.4 is 5.32 Å². The summed E-state index contributed by atoms with van der Waals surface area (Å²) in [7, 11) is 0. The van der Waals surface area contributed by atoms with Gasteiger partial charge in [0.1, 0.15) is 11.5 Å². The number of hydrogen-bond donors (Lipinski definition) is 1. The third kappa shape index (κ3) is 2.52. The molecule has 0 aliphatic carbocycles. The van der Waals surface area contributed by atoms with Crippen molar-refractivity contribution in [3.63, 3.8) is 0 Å². The minimum atomic E-state index is -0.404. The van der Waals surface area contributed by atoms with Crippen molar-refractivity contribution in [1.29, 1.82) is 0 Å². The lowest BCUT2D eigenvalue weighted by Crippen LogP contribution is -2.13. The average Bonchev–Trinajstić information content (AvgIpc) is 2.96. The Morgan fingerprint density at radius 1 is 1.45 bits per heavy atom. The molecule has 2 rings (SSSR count). The maximum atomic E-state index is 11.2. The largest absolute Gasteiger partial charge is 0.467 e. The lowest BCUT2D eigenvalue weighted by molar-refractivity contribution is -0.384. The maximum Gasteiger partial charge on any atom is 0.333 e. The van der Waals surface area contributed by atoms with Crippen LogP contribution in [0.4, 0.5) is 11.5 Å². The van der Waals surface area contributed by atoms with Gasteiger partial charge in [-0.3, -0.25) is 10.1 Å². The molecule has 0 spiro atoms. The standard InChI is InChI=1S/C13H18N4O3/c1-8(2)16-13(12(17(18)19)10(4)15-16)14-9(3)11-6-5-7-20-11/h5-9,14H,1-4H3. The first-order chi connectivity index (χ1) is 9.41. The van der Waals surface area contributed by atoms with Gasteiger partial charge in [0.2, 0.25) is 5.82 Å². The zero-order chi connectivity index (χ0) is 14.9. The van der Waals surface area contributed by atoms with E-state index in [0.29, 0.717) is 17.3 Å². The molecule has 0 aliphatic heterocycles.